The van der Waals surface area contributed by atoms with Gasteiger partial charge in [0.2, 0.25) is 0 Å². The molecule has 1 fully saturated rings. The van der Waals surface area contributed by atoms with E-state index in [0.29, 0.717) is 16.6 Å². The molecule has 0 saturated heterocycles. The van der Waals surface area contributed by atoms with Crippen LogP contribution >= 0.6 is 11.3 Å². The molecule has 2 N–H and O–H groups in total. The Kier molecular flexibility index (Phi) is 3.17. The Balaban J connectivity index is 2.10. The monoisotopic (exact) mass is 289 g/mol. The number of carbonyl (C=O) groups excluding carboxylic acids is 1. The second kappa shape index (κ2) is 4.74. The van der Waals surface area contributed by atoms with Crippen molar-refractivity contribution in [3.8, 4) is 0 Å². The van der Waals surface area contributed by atoms with Gasteiger partial charge >= 0.3 is 0 Å². The molecule has 0 spiro atoms. The zero-order chi connectivity index (χ0) is 14.4. The molecule has 5 heteroatoms. The summed E-state index contributed by atoms with van der Waals surface area (Å²) in [5, 5.41) is 0.941. The van der Waals surface area contributed by atoms with Crippen LogP contribution in [0.15, 0.2) is 6.07 Å². The molecule has 1 aliphatic carbocycles. The molecule has 2 heterocycles. The Morgan fingerprint density at radius 2 is 2.20 bits per heavy atom. The summed E-state index contributed by atoms with van der Waals surface area (Å²) in [5.74, 6) is 0.0625. The number of nitrogens with two attached hydrogens (primary N) is 1. The summed E-state index contributed by atoms with van der Waals surface area (Å²) >= 11 is 1.42. The van der Waals surface area contributed by atoms with Gasteiger partial charge in [0.15, 0.2) is 0 Å². The number of thiophene rings is 1. The number of carbonyl (C=O) groups is 1. The van der Waals surface area contributed by atoms with Crippen molar-refractivity contribution in [3.05, 3.63) is 22.2 Å². The maximum absolute atomic E-state index is 12.7. The Labute approximate surface area is 122 Å². The van der Waals surface area contributed by atoms with Crippen LogP contribution in [-0.2, 0) is 0 Å². The molecule has 0 unspecified atom stereocenters. The van der Waals surface area contributed by atoms with Gasteiger partial charge in [0.05, 0.1) is 5.69 Å². The highest BCUT2D eigenvalue weighted by Gasteiger charge is 2.33. The third-order valence-corrected chi connectivity index (χ3v) is 4.90. The number of fused-ring (bicyclic) bond motifs is 1. The minimum Gasteiger partial charge on any atom is -0.397 e. The molecule has 1 saturated carbocycles. The van der Waals surface area contributed by atoms with E-state index in [1.807, 2.05) is 31.7 Å². The molecule has 2 aromatic rings. The maximum atomic E-state index is 12.7. The molecule has 0 aromatic carbocycles. The zero-order valence-electron chi connectivity index (χ0n) is 12.1. The summed E-state index contributed by atoms with van der Waals surface area (Å²) in [6.07, 6.45) is 2.22. The first kappa shape index (κ1) is 13.4. The first-order chi connectivity index (χ1) is 9.52. The standard InChI is InChI=1S/C15H19N3OS/c1-4-18(10-5-6-10)15(19)13-12(16)11-8(2)7-9(3)17-14(11)20-13/h7,10H,4-6,16H2,1-3H3. The van der Waals surface area contributed by atoms with Crippen molar-refractivity contribution in [1.29, 1.82) is 0 Å². The third-order valence-electron chi connectivity index (χ3n) is 3.81. The van der Waals surface area contributed by atoms with Crippen LogP contribution in [0.25, 0.3) is 10.2 Å². The van der Waals surface area contributed by atoms with E-state index >= 15 is 0 Å². The second-order valence-electron chi connectivity index (χ2n) is 5.43. The van der Waals surface area contributed by atoms with Gasteiger partial charge in [-0.3, -0.25) is 4.79 Å². The molecular formula is C15H19N3OS. The largest absolute Gasteiger partial charge is 0.397 e. The Bertz CT molecular complexity index is 688. The van der Waals surface area contributed by atoms with Crippen LogP contribution in [0.2, 0.25) is 0 Å². The van der Waals surface area contributed by atoms with Crippen molar-refractivity contribution in [3.63, 3.8) is 0 Å². The Morgan fingerprint density at radius 1 is 1.50 bits per heavy atom. The highest BCUT2D eigenvalue weighted by Crippen LogP contribution is 2.37. The predicted molar refractivity (Wildman–Crippen MR) is 83.2 cm³/mol. The van der Waals surface area contributed by atoms with Crippen molar-refractivity contribution < 1.29 is 4.79 Å². The lowest BCUT2D eigenvalue weighted by Crippen LogP contribution is -2.32. The zero-order valence-corrected chi connectivity index (χ0v) is 12.9. The molecule has 106 valence electrons. The Hall–Kier alpha value is -1.62. The van der Waals surface area contributed by atoms with Gasteiger partial charge in [-0.25, -0.2) is 4.98 Å². The average molecular weight is 289 g/mol. The Morgan fingerprint density at radius 3 is 2.80 bits per heavy atom. The first-order valence-electron chi connectivity index (χ1n) is 7.00. The summed E-state index contributed by atoms with van der Waals surface area (Å²) in [5.41, 5.74) is 8.88. The SMILES string of the molecule is CCN(C(=O)c1sc2nc(C)cc(C)c2c1N)C1CC1. The van der Waals surface area contributed by atoms with E-state index in [1.54, 1.807) is 0 Å². The van der Waals surface area contributed by atoms with E-state index in [1.165, 1.54) is 11.3 Å². The van der Waals surface area contributed by atoms with Gasteiger partial charge in [0.1, 0.15) is 9.71 Å². The van der Waals surface area contributed by atoms with E-state index in [2.05, 4.69) is 4.98 Å². The quantitative estimate of drug-likeness (QED) is 0.944. The molecule has 0 atom stereocenters. The molecule has 4 nitrogen and oxygen atoms in total. The smallest absolute Gasteiger partial charge is 0.266 e. The summed E-state index contributed by atoms with van der Waals surface area (Å²) in [4.78, 5) is 20.6. The van der Waals surface area contributed by atoms with Gasteiger partial charge in [-0.05, 0) is 45.2 Å². The fourth-order valence-corrected chi connectivity index (χ4v) is 3.88. The molecule has 0 radical (unpaired) electrons. The number of nitrogen functional groups attached to an aromatic ring is 1. The van der Waals surface area contributed by atoms with Crippen LogP contribution in [0.3, 0.4) is 0 Å². The van der Waals surface area contributed by atoms with Gasteiger partial charge < -0.3 is 10.6 Å². The van der Waals surface area contributed by atoms with E-state index < -0.39 is 0 Å². The van der Waals surface area contributed by atoms with E-state index in [-0.39, 0.29) is 5.91 Å². The summed E-state index contributed by atoms with van der Waals surface area (Å²) in [6.45, 7) is 6.75. The minimum absolute atomic E-state index is 0.0625. The maximum Gasteiger partial charge on any atom is 0.266 e. The molecule has 20 heavy (non-hydrogen) atoms. The third kappa shape index (κ3) is 2.06. The fraction of sp³-hybridized carbons (Fsp3) is 0.467. The van der Waals surface area contributed by atoms with Crippen LogP contribution < -0.4 is 5.73 Å². The van der Waals surface area contributed by atoms with Crippen molar-refractivity contribution in [1.82, 2.24) is 9.88 Å². The van der Waals surface area contributed by atoms with E-state index in [4.69, 9.17) is 5.73 Å². The summed E-state index contributed by atoms with van der Waals surface area (Å²) < 4.78 is 0. The lowest BCUT2D eigenvalue weighted by atomic mass is 10.1. The number of hydrogen-bond acceptors (Lipinski definition) is 4. The minimum atomic E-state index is 0.0625. The topological polar surface area (TPSA) is 59.2 Å². The van der Waals surface area contributed by atoms with Crippen LogP contribution in [0.5, 0.6) is 0 Å². The molecule has 1 aliphatic rings. The second-order valence-corrected chi connectivity index (χ2v) is 6.43. The van der Waals surface area contributed by atoms with Crippen LogP contribution in [-0.4, -0.2) is 28.4 Å². The van der Waals surface area contributed by atoms with Gasteiger partial charge in [0, 0.05) is 23.7 Å². The number of aromatic nitrogens is 1. The van der Waals surface area contributed by atoms with Gasteiger partial charge in [0.25, 0.3) is 5.91 Å². The highest BCUT2D eigenvalue weighted by atomic mass is 32.1. The summed E-state index contributed by atoms with van der Waals surface area (Å²) in [6, 6.07) is 2.42. The molecule has 3 rings (SSSR count). The number of hydrogen-bond donors (Lipinski definition) is 1. The molecule has 2 aromatic heterocycles. The molecule has 0 bridgehead atoms. The lowest BCUT2D eigenvalue weighted by Gasteiger charge is -2.19. The highest BCUT2D eigenvalue weighted by molar-refractivity contribution is 7.21. The summed E-state index contributed by atoms with van der Waals surface area (Å²) in [7, 11) is 0. The molecular weight excluding hydrogens is 270 g/mol. The van der Waals surface area contributed by atoms with Crippen molar-refractivity contribution in [2.24, 2.45) is 0 Å². The number of pyridine rings is 1. The predicted octanol–water partition coefficient (Wildman–Crippen LogP) is 3.12. The van der Waals surface area contributed by atoms with E-state index in [9.17, 15) is 4.79 Å². The van der Waals surface area contributed by atoms with Gasteiger partial charge in [-0.2, -0.15) is 0 Å². The lowest BCUT2D eigenvalue weighted by molar-refractivity contribution is 0.0758. The van der Waals surface area contributed by atoms with Crippen molar-refractivity contribution >= 4 is 33.1 Å². The number of aryl methyl sites for hydroxylation is 2. The number of rotatable bonds is 3. The van der Waals surface area contributed by atoms with Gasteiger partial charge in [-0.1, -0.05) is 0 Å². The number of anilines is 1. The fourth-order valence-electron chi connectivity index (χ4n) is 2.71. The number of nitrogens with zero attached hydrogens (tertiary/aromatic N) is 2. The average Bonchev–Trinajstić information content (AvgIpc) is 3.14. The van der Waals surface area contributed by atoms with Crippen molar-refractivity contribution in [2.45, 2.75) is 39.7 Å². The number of amides is 1. The van der Waals surface area contributed by atoms with Crippen LogP contribution in [0.4, 0.5) is 5.69 Å². The van der Waals surface area contributed by atoms with Gasteiger partial charge in [-0.15, -0.1) is 11.3 Å². The van der Waals surface area contributed by atoms with Crippen LogP contribution in [0.1, 0.15) is 40.7 Å². The van der Waals surface area contributed by atoms with Crippen molar-refractivity contribution in [2.75, 3.05) is 12.3 Å². The first-order valence-corrected chi connectivity index (χ1v) is 7.81. The molecule has 1 amide bonds. The molecule has 0 aliphatic heterocycles. The normalized spacial score (nSPS) is 14.8. The van der Waals surface area contributed by atoms with Crippen LogP contribution in [0, 0.1) is 13.8 Å². The van der Waals surface area contributed by atoms with E-state index in [0.717, 1.165) is 40.9 Å².